The van der Waals surface area contributed by atoms with Crippen molar-refractivity contribution in [2.45, 2.75) is 45.9 Å². The first-order valence-corrected chi connectivity index (χ1v) is 10.6. The highest BCUT2D eigenvalue weighted by atomic mass is 127. The van der Waals surface area contributed by atoms with Gasteiger partial charge in [-0.25, -0.2) is 9.97 Å². The van der Waals surface area contributed by atoms with Gasteiger partial charge < -0.3 is 20.3 Å². The SMILES string of the molecule is CN=C(NCc1ccc(N2CCOC(C)C2)nc1)NCc1nc(C(C)C)cs1.I. The summed E-state index contributed by atoms with van der Waals surface area (Å²) in [5, 5.41) is 9.85. The summed E-state index contributed by atoms with van der Waals surface area (Å²) in [4.78, 5) is 15.8. The van der Waals surface area contributed by atoms with Crippen molar-refractivity contribution in [1.29, 1.82) is 0 Å². The summed E-state index contributed by atoms with van der Waals surface area (Å²) >= 11 is 1.68. The Morgan fingerprint density at radius 1 is 1.34 bits per heavy atom. The van der Waals surface area contributed by atoms with Gasteiger partial charge in [-0.3, -0.25) is 4.99 Å². The second-order valence-electron chi connectivity index (χ2n) is 7.25. The van der Waals surface area contributed by atoms with Crippen molar-refractivity contribution < 1.29 is 4.74 Å². The van der Waals surface area contributed by atoms with Crippen LogP contribution in [0.15, 0.2) is 28.7 Å². The zero-order chi connectivity index (χ0) is 19.9. The van der Waals surface area contributed by atoms with Gasteiger partial charge in [0.2, 0.25) is 0 Å². The fraction of sp³-hybridized carbons (Fsp3) is 0.550. The summed E-state index contributed by atoms with van der Waals surface area (Å²) in [5.41, 5.74) is 2.26. The zero-order valence-electron chi connectivity index (χ0n) is 17.5. The number of pyridine rings is 1. The van der Waals surface area contributed by atoms with Crippen LogP contribution in [0.25, 0.3) is 0 Å². The van der Waals surface area contributed by atoms with Gasteiger partial charge in [0, 0.05) is 38.3 Å². The molecule has 0 aromatic carbocycles. The van der Waals surface area contributed by atoms with E-state index < -0.39 is 0 Å². The monoisotopic (exact) mass is 530 g/mol. The maximum absolute atomic E-state index is 5.60. The molecular weight excluding hydrogens is 499 g/mol. The number of aromatic nitrogens is 2. The first kappa shape index (κ1) is 23.8. The Kier molecular flexibility index (Phi) is 9.57. The van der Waals surface area contributed by atoms with Crippen LogP contribution >= 0.6 is 35.3 Å². The molecule has 3 rings (SSSR count). The Morgan fingerprint density at radius 2 is 2.14 bits per heavy atom. The Labute approximate surface area is 194 Å². The second kappa shape index (κ2) is 11.7. The molecule has 0 spiro atoms. The van der Waals surface area contributed by atoms with Gasteiger partial charge in [-0.15, -0.1) is 35.3 Å². The highest BCUT2D eigenvalue weighted by Gasteiger charge is 2.17. The van der Waals surface area contributed by atoms with E-state index in [-0.39, 0.29) is 30.1 Å². The van der Waals surface area contributed by atoms with Gasteiger partial charge in [-0.1, -0.05) is 19.9 Å². The van der Waals surface area contributed by atoms with Crippen LogP contribution in [0.2, 0.25) is 0 Å². The van der Waals surface area contributed by atoms with E-state index in [9.17, 15) is 0 Å². The normalized spacial score (nSPS) is 17.2. The van der Waals surface area contributed by atoms with E-state index in [0.717, 1.165) is 47.7 Å². The van der Waals surface area contributed by atoms with Crippen LogP contribution in [-0.4, -0.2) is 48.8 Å². The number of guanidine groups is 1. The first-order valence-electron chi connectivity index (χ1n) is 9.75. The van der Waals surface area contributed by atoms with Crippen LogP contribution in [0.3, 0.4) is 0 Å². The number of halogens is 1. The maximum atomic E-state index is 5.60. The molecule has 9 heteroatoms. The quantitative estimate of drug-likeness (QED) is 0.339. The molecule has 1 unspecified atom stereocenters. The lowest BCUT2D eigenvalue weighted by Crippen LogP contribution is -2.41. The van der Waals surface area contributed by atoms with Gasteiger partial charge in [0.15, 0.2) is 5.96 Å². The summed E-state index contributed by atoms with van der Waals surface area (Å²) in [6.07, 6.45) is 2.17. The summed E-state index contributed by atoms with van der Waals surface area (Å²) in [7, 11) is 1.78. The Morgan fingerprint density at radius 3 is 2.76 bits per heavy atom. The van der Waals surface area contributed by atoms with Crippen molar-refractivity contribution in [3.63, 3.8) is 0 Å². The van der Waals surface area contributed by atoms with Crippen LogP contribution in [-0.2, 0) is 17.8 Å². The minimum atomic E-state index is 0. The number of nitrogens with zero attached hydrogens (tertiary/aromatic N) is 4. The lowest BCUT2D eigenvalue weighted by atomic mass is 10.2. The topological polar surface area (TPSA) is 74.7 Å². The van der Waals surface area contributed by atoms with E-state index in [2.05, 4.69) is 68.8 Å². The fourth-order valence-corrected chi connectivity index (χ4v) is 3.87. The fourth-order valence-electron chi connectivity index (χ4n) is 2.97. The van der Waals surface area contributed by atoms with E-state index in [1.54, 1.807) is 18.4 Å². The standard InChI is InChI=1S/C20H30N6OS.HI/c1-14(2)17-13-28-19(25-17)11-24-20(21-4)23-10-16-5-6-18(22-9-16)26-7-8-27-15(3)12-26;/h5-6,9,13-15H,7-8,10-12H2,1-4H3,(H2,21,23,24);1H. The molecule has 7 nitrogen and oxygen atoms in total. The first-order chi connectivity index (χ1) is 13.5. The van der Waals surface area contributed by atoms with Crippen molar-refractivity contribution in [2.75, 3.05) is 31.6 Å². The molecule has 2 N–H and O–H groups in total. The number of hydrogen-bond donors (Lipinski definition) is 2. The summed E-state index contributed by atoms with van der Waals surface area (Å²) < 4.78 is 5.60. The minimum Gasteiger partial charge on any atom is -0.375 e. The molecule has 1 saturated heterocycles. The largest absolute Gasteiger partial charge is 0.375 e. The Hall–Kier alpha value is -1.46. The third kappa shape index (κ3) is 7.07. The third-order valence-electron chi connectivity index (χ3n) is 4.63. The molecule has 0 saturated carbocycles. The van der Waals surface area contributed by atoms with Gasteiger partial charge in [0.1, 0.15) is 10.8 Å². The van der Waals surface area contributed by atoms with Gasteiger partial charge in [-0.05, 0) is 24.5 Å². The lowest BCUT2D eigenvalue weighted by Gasteiger charge is -2.32. The van der Waals surface area contributed by atoms with E-state index in [4.69, 9.17) is 4.74 Å². The number of anilines is 1. The Bertz CT molecular complexity index is 780. The smallest absolute Gasteiger partial charge is 0.191 e. The molecular formula is C20H31IN6OS. The predicted octanol–water partition coefficient (Wildman–Crippen LogP) is 3.37. The highest BCUT2D eigenvalue weighted by molar-refractivity contribution is 14.0. The molecule has 2 aromatic rings. The molecule has 1 aliphatic rings. The number of thiazole rings is 1. The van der Waals surface area contributed by atoms with Crippen molar-refractivity contribution >= 4 is 47.1 Å². The van der Waals surface area contributed by atoms with E-state index in [1.165, 1.54) is 0 Å². The average Bonchev–Trinajstić information content (AvgIpc) is 3.18. The van der Waals surface area contributed by atoms with Crippen molar-refractivity contribution in [3.05, 3.63) is 40.0 Å². The number of morpholine rings is 1. The molecule has 3 heterocycles. The van der Waals surface area contributed by atoms with Gasteiger partial charge in [0.05, 0.1) is 24.9 Å². The Balaban J connectivity index is 0.00000300. The maximum Gasteiger partial charge on any atom is 0.191 e. The van der Waals surface area contributed by atoms with Crippen molar-refractivity contribution in [1.82, 2.24) is 20.6 Å². The number of rotatable bonds is 6. The second-order valence-corrected chi connectivity index (χ2v) is 8.19. The molecule has 0 amide bonds. The zero-order valence-corrected chi connectivity index (χ0v) is 20.7. The molecule has 0 aliphatic carbocycles. The third-order valence-corrected chi connectivity index (χ3v) is 5.49. The lowest BCUT2D eigenvalue weighted by molar-refractivity contribution is 0.0529. The summed E-state index contributed by atoms with van der Waals surface area (Å²) in [5.74, 6) is 2.22. The van der Waals surface area contributed by atoms with Crippen LogP contribution in [0.5, 0.6) is 0 Å². The predicted molar refractivity (Wildman–Crippen MR) is 131 cm³/mol. The average molecular weight is 530 g/mol. The van der Waals surface area contributed by atoms with E-state index >= 15 is 0 Å². The summed E-state index contributed by atoms with van der Waals surface area (Å²) in [6.45, 7) is 10.3. The van der Waals surface area contributed by atoms with Crippen LogP contribution in [0.1, 0.15) is 43.0 Å². The van der Waals surface area contributed by atoms with Crippen molar-refractivity contribution in [2.24, 2.45) is 4.99 Å². The minimum absolute atomic E-state index is 0. The molecule has 1 fully saturated rings. The van der Waals surface area contributed by atoms with Crippen LogP contribution < -0.4 is 15.5 Å². The number of aliphatic imine (C=N–C) groups is 1. The van der Waals surface area contributed by atoms with E-state index in [0.29, 0.717) is 19.0 Å². The van der Waals surface area contributed by atoms with Gasteiger partial charge in [-0.2, -0.15) is 0 Å². The molecule has 29 heavy (non-hydrogen) atoms. The molecule has 0 bridgehead atoms. The summed E-state index contributed by atoms with van der Waals surface area (Å²) in [6, 6.07) is 4.19. The van der Waals surface area contributed by atoms with Crippen LogP contribution in [0.4, 0.5) is 5.82 Å². The number of hydrogen-bond acceptors (Lipinski definition) is 6. The van der Waals surface area contributed by atoms with Crippen LogP contribution in [0, 0.1) is 0 Å². The van der Waals surface area contributed by atoms with Gasteiger partial charge in [0.25, 0.3) is 0 Å². The number of nitrogens with one attached hydrogen (secondary N) is 2. The molecule has 1 atom stereocenters. The van der Waals surface area contributed by atoms with Gasteiger partial charge >= 0.3 is 0 Å². The number of ether oxygens (including phenoxy) is 1. The molecule has 160 valence electrons. The molecule has 2 aromatic heterocycles. The molecule has 0 radical (unpaired) electrons. The highest BCUT2D eigenvalue weighted by Crippen LogP contribution is 2.17. The van der Waals surface area contributed by atoms with E-state index in [1.807, 2.05) is 6.20 Å². The molecule has 1 aliphatic heterocycles. The van der Waals surface area contributed by atoms with Crippen molar-refractivity contribution in [3.8, 4) is 0 Å².